The number of hydrogen-bond acceptors (Lipinski definition) is 5. The minimum Gasteiger partial charge on any atom is -0.479 e. The van der Waals surface area contributed by atoms with Crippen molar-refractivity contribution in [2.45, 2.75) is 26.0 Å². The number of nitrogens with one attached hydrogen (secondary N) is 3. The first-order valence-corrected chi connectivity index (χ1v) is 8.92. The van der Waals surface area contributed by atoms with E-state index in [4.69, 9.17) is 9.47 Å². The van der Waals surface area contributed by atoms with E-state index in [2.05, 4.69) is 20.8 Å². The number of aromatic nitrogens is 2. The van der Waals surface area contributed by atoms with Crippen LogP contribution in [-0.2, 0) is 16.1 Å². The van der Waals surface area contributed by atoms with Crippen LogP contribution in [-0.4, -0.2) is 35.4 Å². The van der Waals surface area contributed by atoms with E-state index in [1.54, 1.807) is 18.2 Å². The van der Waals surface area contributed by atoms with Gasteiger partial charge in [-0.25, -0.2) is 9.59 Å². The van der Waals surface area contributed by atoms with Crippen LogP contribution in [0.15, 0.2) is 48.5 Å². The Hall–Kier alpha value is -3.55. The van der Waals surface area contributed by atoms with Crippen molar-refractivity contribution in [1.29, 1.82) is 0 Å². The normalized spacial score (nSPS) is 11.6. The van der Waals surface area contributed by atoms with E-state index in [1.807, 2.05) is 37.3 Å². The number of aromatic amines is 1. The lowest BCUT2D eigenvalue weighted by atomic mass is 10.2. The number of hydrogen-bond donors (Lipinski definition) is 3. The summed E-state index contributed by atoms with van der Waals surface area (Å²) in [4.78, 5) is 23.9. The van der Waals surface area contributed by atoms with Crippen LogP contribution in [0.25, 0.3) is 10.9 Å². The second-order valence-electron chi connectivity index (χ2n) is 6.11. The molecule has 0 fully saturated rings. The van der Waals surface area contributed by atoms with Gasteiger partial charge >= 0.3 is 12.0 Å². The third-order valence-electron chi connectivity index (χ3n) is 4.18. The summed E-state index contributed by atoms with van der Waals surface area (Å²) in [6, 6.07) is 14.5. The molecule has 1 unspecified atom stereocenters. The zero-order valence-corrected chi connectivity index (χ0v) is 15.7. The number of amides is 2. The van der Waals surface area contributed by atoms with Crippen molar-refractivity contribution in [1.82, 2.24) is 15.5 Å². The predicted octanol–water partition coefficient (Wildman–Crippen LogP) is 3.22. The first kappa shape index (κ1) is 19.2. The van der Waals surface area contributed by atoms with E-state index in [0.717, 1.165) is 11.1 Å². The molecule has 0 saturated carbocycles. The molecule has 0 radical (unpaired) electrons. The summed E-state index contributed by atoms with van der Waals surface area (Å²) >= 11 is 0. The fraction of sp³-hybridized carbons (Fsp3) is 0.250. The molecule has 1 heterocycles. The van der Waals surface area contributed by atoms with Gasteiger partial charge in [-0.1, -0.05) is 37.3 Å². The number of urea groups is 1. The number of ether oxygens (including phenoxy) is 2. The lowest BCUT2D eigenvalue weighted by Gasteiger charge is -2.15. The Balaban J connectivity index is 1.69. The van der Waals surface area contributed by atoms with E-state index in [1.165, 1.54) is 7.11 Å². The Morgan fingerprint density at radius 3 is 2.68 bits per heavy atom. The zero-order valence-electron chi connectivity index (χ0n) is 15.7. The maximum Gasteiger partial charge on any atom is 0.347 e. The highest BCUT2D eigenvalue weighted by atomic mass is 16.6. The molecule has 2 aromatic carbocycles. The van der Waals surface area contributed by atoms with Crippen molar-refractivity contribution in [3.8, 4) is 5.75 Å². The Morgan fingerprint density at radius 2 is 1.96 bits per heavy atom. The maximum absolute atomic E-state index is 12.2. The van der Waals surface area contributed by atoms with Crippen LogP contribution >= 0.6 is 0 Å². The molecule has 0 aliphatic rings. The number of carbonyl (C=O) groups is 2. The highest BCUT2D eigenvalue weighted by molar-refractivity contribution is 5.99. The molecule has 0 aliphatic heterocycles. The molecule has 1 atom stereocenters. The number of H-pyrrole nitrogens is 1. The van der Waals surface area contributed by atoms with E-state index >= 15 is 0 Å². The van der Waals surface area contributed by atoms with Crippen LogP contribution in [0.5, 0.6) is 5.75 Å². The topological polar surface area (TPSA) is 105 Å². The quantitative estimate of drug-likeness (QED) is 0.544. The predicted molar refractivity (Wildman–Crippen MR) is 105 cm³/mol. The van der Waals surface area contributed by atoms with Crippen LogP contribution < -0.4 is 15.4 Å². The fourth-order valence-corrected chi connectivity index (χ4v) is 2.69. The van der Waals surface area contributed by atoms with Crippen molar-refractivity contribution in [3.63, 3.8) is 0 Å². The summed E-state index contributed by atoms with van der Waals surface area (Å²) in [7, 11) is 1.32. The van der Waals surface area contributed by atoms with Crippen LogP contribution in [0.3, 0.4) is 0 Å². The van der Waals surface area contributed by atoms with Gasteiger partial charge in [0.25, 0.3) is 0 Å². The SMILES string of the molecule is CCC(Oc1ccc2[nH]nc(NC(=O)NCc3ccccc3)c2c1)C(=O)OC. The molecule has 28 heavy (non-hydrogen) atoms. The smallest absolute Gasteiger partial charge is 0.347 e. The van der Waals surface area contributed by atoms with Gasteiger partial charge in [0.15, 0.2) is 11.9 Å². The minimum atomic E-state index is -0.695. The highest BCUT2D eigenvalue weighted by Gasteiger charge is 2.19. The summed E-state index contributed by atoms with van der Waals surface area (Å²) in [5.74, 6) is 0.421. The molecule has 3 rings (SSSR count). The standard InChI is InChI=1S/C20H22N4O4/c1-3-17(19(25)27-2)28-14-9-10-16-15(11-14)18(24-23-16)22-20(26)21-12-13-7-5-4-6-8-13/h4-11,17H,3,12H2,1-2H3,(H3,21,22,23,24,26). The van der Waals surface area contributed by atoms with Crippen molar-refractivity contribution < 1.29 is 19.1 Å². The fourth-order valence-electron chi connectivity index (χ4n) is 2.69. The molecule has 0 aliphatic carbocycles. The first-order chi connectivity index (χ1) is 13.6. The lowest BCUT2D eigenvalue weighted by Crippen LogP contribution is -2.28. The van der Waals surface area contributed by atoms with Crippen LogP contribution in [0.4, 0.5) is 10.6 Å². The van der Waals surface area contributed by atoms with Crippen LogP contribution in [0.1, 0.15) is 18.9 Å². The van der Waals surface area contributed by atoms with Gasteiger partial charge < -0.3 is 14.8 Å². The van der Waals surface area contributed by atoms with Gasteiger partial charge in [-0.05, 0) is 30.2 Å². The second-order valence-corrected chi connectivity index (χ2v) is 6.11. The van der Waals surface area contributed by atoms with Crippen molar-refractivity contribution in [3.05, 3.63) is 54.1 Å². The van der Waals surface area contributed by atoms with E-state index in [9.17, 15) is 9.59 Å². The van der Waals surface area contributed by atoms with E-state index in [-0.39, 0.29) is 6.03 Å². The molecule has 3 N–H and O–H groups in total. The molecule has 1 aromatic heterocycles. The molecule has 0 saturated heterocycles. The molecular formula is C20H22N4O4. The maximum atomic E-state index is 12.2. The van der Waals surface area contributed by atoms with Crippen molar-refractivity contribution in [2.75, 3.05) is 12.4 Å². The van der Waals surface area contributed by atoms with Crippen LogP contribution in [0.2, 0.25) is 0 Å². The third kappa shape index (κ3) is 4.59. The zero-order chi connectivity index (χ0) is 19.9. The number of rotatable bonds is 7. The number of carbonyl (C=O) groups excluding carboxylic acids is 2. The molecule has 3 aromatic rings. The average molecular weight is 382 g/mol. The molecule has 0 spiro atoms. The van der Waals surface area contributed by atoms with Gasteiger partial charge in [0.05, 0.1) is 12.6 Å². The van der Waals surface area contributed by atoms with Gasteiger partial charge in [0, 0.05) is 11.9 Å². The number of fused-ring (bicyclic) bond motifs is 1. The number of anilines is 1. The summed E-state index contributed by atoms with van der Waals surface area (Å²) in [5, 5.41) is 13.2. The molecule has 2 amide bonds. The average Bonchev–Trinajstić information content (AvgIpc) is 3.12. The number of esters is 1. The van der Waals surface area contributed by atoms with Gasteiger partial charge in [0.1, 0.15) is 5.75 Å². The summed E-state index contributed by atoms with van der Waals surface area (Å²) < 4.78 is 10.5. The van der Waals surface area contributed by atoms with Crippen LogP contribution in [0, 0.1) is 0 Å². The first-order valence-electron chi connectivity index (χ1n) is 8.92. The largest absolute Gasteiger partial charge is 0.479 e. The Labute approximate surface area is 162 Å². The molecule has 8 nitrogen and oxygen atoms in total. The van der Waals surface area contributed by atoms with Gasteiger partial charge in [-0.3, -0.25) is 10.4 Å². The second kappa shape index (κ2) is 8.90. The monoisotopic (exact) mass is 382 g/mol. The Morgan fingerprint density at radius 1 is 1.18 bits per heavy atom. The third-order valence-corrected chi connectivity index (χ3v) is 4.18. The highest BCUT2D eigenvalue weighted by Crippen LogP contribution is 2.26. The lowest BCUT2D eigenvalue weighted by molar-refractivity contribution is -0.148. The number of methoxy groups -OCH3 is 1. The van der Waals surface area contributed by atoms with E-state index in [0.29, 0.717) is 29.9 Å². The summed E-state index contributed by atoms with van der Waals surface area (Å²) in [6.45, 7) is 2.24. The van der Waals surface area contributed by atoms with Crippen molar-refractivity contribution >= 4 is 28.7 Å². The van der Waals surface area contributed by atoms with Crippen molar-refractivity contribution in [2.24, 2.45) is 0 Å². The van der Waals surface area contributed by atoms with Gasteiger partial charge in [0.2, 0.25) is 0 Å². The summed E-state index contributed by atoms with van der Waals surface area (Å²) in [5.41, 5.74) is 1.73. The number of nitrogens with zero attached hydrogens (tertiary/aromatic N) is 1. The van der Waals surface area contributed by atoms with Gasteiger partial charge in [-0.2, -0.15) is 5.10 Å². The molecule has 0 bridgehead atoms. The Bertz CT molecular complexity index is 955. The van der Waals surface area contributed by atoms with E-state index < -0.39 is 12.1 Å². The molecule has 146 valence electrons. The summed E-state index contributed by atoms with van der Waals surface area (Å²) in [6.07, 6.45) is -0.219. The number of benzene rings is 2. The molecular weight excluding hydrogens is 360 g/mol. The van der Waals surface area contributed by atoms with Gasteiger partial charge in [-0.15, -0.1) is 0 Å². The molecule has 8 heteroatoms. The Kier molecular flexibility index (Phi) is 6.11. The minimum absolute atomic E-state index is 0.371.